The van der Waals surface area contributed by atoms with Gasteiger partial charge in [0.2, 0.25) is 10.0 Å². The lowest BCUT2D eigenvalue weighted by molar-refractivity contribution is -0.00447. The van der Waals surface area contributed by atoms with Gasteiger partial charge in [0.25, 0.3) is 0 Å². The second kappa shape index (κ2) is 6.79. The van der Waals surface area contributed by atoms with E-state index in [9.17, 15) is 12.8 Å². The Balaban J connectivity index is 1.90. The van der Waals surface area contributed by atoms with Crippen molar-refractivity contribution in [1.82, 2.24) is 14.5 Å². The Morgan fingerprint density at radius 2 is 2.25 bits per heavy atom. The lowest BCUT2D eigenvalue weighted by Crippen LogP contribution is -2.42. The number of benzene rings is 1. The average molecular weight is 374 g/mol. The number of aromatic nitrogens is 2. The predicted octanol–water partition coefficient (Wildman–Crippen LogP) is 2.41. The third kappa shape index (κ3) is 3.46. The highest BCUT2D eigenvalue weighted by atomic mass is 35.5. The van der Waals surface area contributed by atoms with Crippen molar-refractivity contribution in [1.29, 1.82) is 0 Å². The molecule has 1 aromatic carbocycles. The SMILES string of the molecule is Cn1cc([C@H]2OCCC[C@@H]2NS(=O)(=O)c2c(F)cccc2Cl)cn1. The minimum absolute atomic E-state index is 0.155. The second-order valence-electron chi connectivity index (χ2n) is 5.66. The monoisotopic (exact) mass is 373 g/mol. The smallest absolute Gasteiger partial charge is 0.245 e. The van der Waals surface area contributed by atoms with Gasteiger partial charge in [0.15, 0.2) is 0 Å². The van der Waals surface area contributed by atoms with E-state index in [1.165, 1.54) is 12.1 Å². The number of rotatable bonds is 4. The number of ether oxygens (including phenoxy) is 1. The van der Waals surface area contributed by atoms with Gasteiger partial charge < -0.3 is 4.74 Å². The predicted molar refractivity (Wildman–Crippen MR) is 86.7 cm³/mol. The first-order valence-electron chi connectivity index (χ1n) is 7.45. The van der Waals surface area contributed by atoms with E-state index in [4.69, 9.17) is 16.3 Å². The molecule has 1 aliphatic heterocycles. The number of hydrogen-bond donors (Lipinski definition) is 1. The van der Waals surface area contributed by atoms with Crippen molar-refractivity contribution in [2.45, 2.75) is 29.9 Å². The quantitative estimate of drug-likeness (QED) is 0.893. The first kappa shape index (κ1) is 17.3. The fourth-order valence-corrected chi connectivity index (χ4v) is 4.69. The summed E-state index contributed by atoms with van der Waals surface area (Å²) in [7, 11) is -2.35. The maximum absolute atomic E-state index is 14.0. The summed E-state index contributed by atoms with van der Waals surface area (Å²) in [6, 6.07) is 3.24. The summed E-state index contributed by atoms with van der Waals surface area (Å²) in [5, 5.41) is 3.93. The van der Waals surface area contributed by atoms with Gasteiger partial charge in [0, 0.05) is 25.4 Å². The second-order valence-corrected chi connectivity index (χ2v) is 7.72. The summed E-state index contributed by atoms with van der Waals surface area (Å²) < 4.78 is 49.1. The van der Waals surface area contributed by atoms with Crippen molar-refractivity contribution in [2.75, 3.05) is 6.61 Å². The molecule has 0 spiro atoms. The van der Waals surface area contributed by atoms with E-state index < -0.39 is 32.9 Å². The van der Waals surface area contributed by atoms with Gasteiger partial charge in [-0.05, 0) is 25.0 Å². The number of sulfonamides is 1. The minimum Gasteiger partial charge on any atom is -0.372 e. The molecule has 1 saturated heterocycles. The van der Waals surface area contributed by atoms with Gasteiger partial charge in [-0.3, -0.25) is 4.68 Å². The van der Waals surface area contributed by atoms with Crippen LogP contribution in [0.1, 0.15) is 24.5 Å². The molecule has 9 heteroatoms. The molecule has 0 saturated carbocycles. The molecule has 1 N–H and O–H groups in total. The van der Waals surface area contributed by atoms with Gasteiger partial charge in [-0.2, -0.15) is 5.10 Å². The van der Waals surface area contributed by atoms with E-state index >= 15 is 0 Å². The third-order valence-corrected chi connectivity index (χ3v) is 5.86. The van der Waals surface area contributed by atoms with E-state index in [0.29, 0.717) is 19.4 Å². The summed E-state index contributed by atoms with van der Waals surface area (Å²) in [5.41, 5.74) is 0.768. The van der Waals surface area contributed by atoms with Crippen LogP contribution in [0.2, 0.25) is 5.02 Å². The molecule has 0 radical (unpaired) electrons. The normalized spacial score (nSPS) is 21.8. The molecule has 1 fully saturated rings. The molecular weight excluding hydrogens is 357 g/mol. The maximum Gasteiger partial charge on any atom is 0.245 e. The van der Waals surface area contributed by atoms with Crippen LogP contribution in [0.4, 0.5) is 4.39 Å². The van der Waals surface area contributed by atoms with Crippen LogP contribution in [-0.2, 0) is 21.8 Å². The van der Waals surface area contributed by atoms with Gasteiger partial charge in [-0.1, -0.05) is 17.7 Å². The summed E-state index contributed by atoms with van der Waals surface area (Å²) in [6.07, 6.45) is 4.20. The molecule has 1 aliphatic rings. The summed E-state index contributed by atoms with van der Waals surface area (Å²) in [6.45, 7) is 0.526. The van der Waals surface area contributed by atoms with Crippen LogP contribution < -0.4 is 4.72 Å². The van der Waals surface area contributed by atoms with Crippen LogP contribution in [-0.4, -0.2) is 30.8 Å². The molecule has 0 amide bonds. The molecule has 2 aromatic rings. The molecule has 0 bridgehead atoms. The molecule has 2 heterocycles. The van der Waals surface area contributed by atoms with Crippen molar-refractivity contribution in [2.24, 2.45) is 7.05 Å². The largest absolute Gasteiger partial charge is 0.372 e. The van der Waals surface area contributed by atoms with Gasteiger partial charge in [-0.25, -0.2) is 17.5 Å². The summed E-state index contributed by atoms with van der Waals surface area (Å²) in [4.78, 5) is -0.540. The molecule has 0 aliphatic carbocycles. The number of aryl methyl sites for hydroxylation is 1. The fraction of sp³-hybridized carbons (Fsp3) is 0.400. The molecule has 130 valence electrons. The Hall–Kier alpha value is -1.48. The van der Waals surface area contributed by atoms with Crippen LogP contribution in [0, 0.1) is 5.82 Å². The van der Waals surface area contributed by atoms with Crippen molar-refractivity contribution in [3.63, 3.8) is 0 Å². The Kier molecular flexibility index (Phi) is 4.91. The minimum atomic E-state index is -4.12. The summed E-state index contributed by atoms with van der Waals surface area (Å²) >= 11 is 5.88. The van der Waals surface area contributed by atoms with Crippen LogP contribution in [0.25, 0.3) is 0 Å². The molecular formula is C15H17ClFN3O3S. The Morgan fingerprint density at radius 3 is 2.92 bits per heavy atom. The van der Waals surface area contributed by atoms with Gasteiger partial charge in [-0.15, -0.1) is 0 Å². The van der Waals surface area contributed by atoms with E-state index in [-0.39, 0.29) is 5.02 Å². The number of halogens is 2. The lowest BCUT2D eigenvalue weighted by Gasteiger charge is -2.31. The topological polar surface area (TPSA) is 73.2 Å². The van der Waals surface area contributed by atoms with E-state index in [1.54, 1.807) is 24.1 Å². The van der Waals surface area contributed by atoms with Crippen LogP contribution in [0.3, 0.4) is 0 Å². The van der Waals surface area contributed by atoms with Crippen LogP contribution >= 0.6 is 11.6 Å². The zero-order chi connectivity index (χ0) is 17.3. The van der Waals surface area contributed by atoms with Crippen molar-refractivity contribution >= 4 is 21.6 Å². The van der Waals surface area contributed by atoms with E-state index in [2.05, 4.69) is 9.82 Å². The van der Waals surface area contributed by atoms with Crippen molar-refractivity contribution < 1.29 is 17.5 Å². The van der Waals surface area contributed by atoms with E-state index in [1.807, 2.05) is 0 Å². The highest BCUT2D eigenvalue weighted by Crippen LogP contribution is 2.31. The summed E-state index contributed by atoms with van der Waals surface area (Å²) in [5.74, 6) is -0.885. The highest BCUT2D eigenvalue weighted by Gasteiger charge is 2.34. The fourth-order valence-electron chi connectivity index (χ4n) is 2.81. The van der Waals surface area contributed by atoms with Gasteiger partial charge in [0.1, 0.15) is 16.8 Å². The molecule has 24 heavy (non-hydrogen) atoms. The molecule has 3 rings (SSSR count). The average Bonchev–Trinajstić information content (AvgIpc) is 2.93. The van der Waals surface area contributed by atoms with Gasteiger partial charge in [0.05, 0.1) is 17.3 Å². The number of nitrogens with zero attached hydrogens (tertiary/aromatic N) is 2. The Labute approximate surface area is 144 Å². The first-order chi connectivity index (χ1) is 11.4. The van der Waals surface area contributed by atoms with Gasteiger partial charge >= 0.3 is 0 Å². The van der Waals surface area contributed by atoms with Crippen molar-refractivity contribution in [3.8, 4) is 0 Å². The maximum atomic E-state index is 14.0. The molecule has 0 unspecified atom stereocenters. The zero-order valence-electron chi connectivity index (χ0n) is 12.9. The Morgan fingerprint density at radius 1 is 1.46 bits per heavy atom. The lowest BCUT2D eigenvalue weighted by atomic mass is 9.99. The highest BCUT2D eigenvalue weighted by molar-refractivity contribution is 7.89. The Bertz CT molecular complexity index is 820. The molecule has 6 nitrogen and oxygen atoms in total. The first-order valence-corrected chi connectivity index (χ1v) is 9.31. The number of hydrogen-bond acceptors (Lipinski definition) is 4. The van der Waals surface area contributed by atoms with E-state index in [0.717, 1.165) is 11.6 Å². The number of nitrogens with one attached hydrogen (secondary N) is 1. The molecule has 1 aromatic heterocycles. The molecule has 2 atom stereocenters. The standard InChI is InChI=1S/C15H17ClFN3O3S/c1-20-9-10(8-18-20)14-13(6-3-7-23-14)19-24(21,22)15-11(16)4-2-5-12(15)17/h2,4-5,8-9,13-14,19H,3,6-7H2,1H3/t13-,14+/m0/s1. The zero-order valence-corrected chi connectivity index (χ0v) is 14.5. The van der Waals surface area contributed by atoms with Crippen molar-refractivity contribution in [3.05, 3.63) is 47.0 Å². The van der Waals surface area contributed by atoms with Crippen LogP contribution in [0.15, 0.2) is 35.5 Å². The van der Waals surface area contributed by atoms with Crippen LogP contribution in [0.5, 0.6) is 0 Å². The third-order valence-electron chi connectivity index (χ3n) is 3.87.